The fourth-order valence-electron chi connectivity index (χ4n) is 2.43. The number of carbonyl (C=O) groups is 2. The molecule has 0 aliphatic heterocycles. The number of thioether (sulfide) groups is 1. The average Bonchev–Trinajstić information content (AvgIpc) is 3.14. The summed E-state index contributed by atoms with van der Waals surface area (Å²) in [4.78, 5) is 28.0. The van der Waals surface area contributed by atoms with E-state index in [0.717, 1.165) is 21.2 Å². The standard InChI is InChI=1S/C21H20N2O2S2/c1-14-3-7-17(8-4-14)19-12-26-21(23-19)27-13-20(25)18-9-5-16(6-10-18)11-22-15(2)24/h3-10,12H,11,13H2,1-2H3,(H,22,24). The Bertz CT molecular complexity index is 932. The number of hydrogen-bond acceptors (Lipinski definition) is 5. The lowest BCUT2D eigenvalue weighted by Gasteiger charge is -2.04. The molecule has 138 valence electrons. The minimum absolute atomic E-state index is 0.0677. The maximum Gasteiger partial charge on any atom is 0.217 e. The topological polar surface area (TPSA) is 59.1 Å². The molecule has 0 atom stereocenters. The van der Waals surface area contributed by atoms with Crippen LogP contribution in [0.1, 0.15) is 28.4 Å². The van der Waals surface area contributed by atoms with E-state index in [0.29, 0.717) is 17.9 Å². The van der Waals surface area contributed by atoms with E-state index in [9.17, 15) is 9.59 Å². The van der Waals surface area contributed by atoms with Gasteiger partial charge >= 0.3 is 0 Å². The molecule has 4 nitrogen and oxygen atoms in total. The molecular formula is C21H20N2O2S2. The second-order valence-electron chi connectivity index (χ2n) is 6.18. The molecule has 3 rings (SSSR count). The van der Waals surface area contributed by atoms with E-state index < -0.39 is 0 Å². The second kappa shape index (κ2) is 8.97. The van der Waals surface area contributed by atoms with Gasteiger partial charge in [0.2, 0.25) is 5.91 Å². The Morgan fingerprint density at radius 1 is 1.07 bits per heavy atom. The zero-order chi connectivity index (χ0) is 19.2. The van der Waals surface area contributed by atoms with Gasteiger partial charge in [0.15, 0.2) is 10.1 Å². The van der Waals surface area contributed by atoms with Crippen molar-refractivity contribution in [2.24, 2.45) is 0 Å². The average molecular weight is 397 g/mol. The number of aryl methyl sites for hydroxylation is 1. The van der Waals surface area contributed by atoms with Gasteiger partial charge in [0, 0.05) is 30.0 Å². The quantitative estimate of drug-likeness (QED) is 0.463. The highest BCUT2D eigenvalue weighted by Crippen LogP contribution is 2.28. The van der Waals surface area contributed by atoms with E-state index in [1.807, 2.05) is 17.5 Å². The normalized spacial score (nSPS) is 10.6. The summed E-state index contributed by atoms with van der Waals surface area (Å²) in [5, 5.41) is 4.76. The molecule has 6 heteroatoms. The molecule has 0 aliphatic carbocycles. The Morgan fingerprint density at radius 3 is 2.44 bits per heavy atom. The van der Waals surface area contributed by atoms with E-state index >= 15 is 0 Å². The number of Topliss-reactive ketones (excluding diaryl/α,β-unsaturated/α-hetero) is 1. The van der Waals surface area contributed by atoms with Crippen LogP contribution in [0, 0.1) is 6.92 Å². The highest BCUT2D eigenvalue weighted by Gasteiger charge is 2.10. The van der Waals surface area contributed by atoms with Gasteiger partial charge in [-0.05, 0) is 12.5 Å². The first-order valence-electron chi connectivity index (χ1n) is 8.53. The van der Waals surface area contributed by atoms with E-state index in [-0.39, 0.29) is 11.7 Å². The van der Waals surface area contributed by atoms with Crippen molar-refractivity contribution in [2.75, 3.05) is 5.75 Å². The van der Waals surface area contributed by atoms with Gasteiger partial charge in [-0.1, -0.05) is 65.9 Å². The van der Waals surface area contributed by atoms with Crippen LogP contribution in [0.2, 0.25) is 0 Å². The first kappa shape index (κ1) is 19.3. The van der Waals surface area contributed by atoms with Crippen molar-refractivity contribution in [2.45, 2.75) is 24.7 Å². The van der Waals surface area contributed by atoms with E-state index in [4.69, 9.17) is 0 Å². The number of carbonyl (C=O) groups excluding carboxylic acids is 2. The monoisotopic (exact) mass is 396 g/mol. The Kier molecular flexibility index (Phi) is 6.42. The number of aromatic nitrogens is 1. The summed E-state index contributed by atoms with van der Waals surface area (Å²) in [7, 11) is 0. The molecule has 0 spiro atoms. The van der Waals surface area contributed by atoms with Crippen molar-refractivity contribution in [3.8, 4) is 11.3 Å². The van der Waals surface area contributed by atoms with Crippen molar-refractivity contribution >= 4 is 34.8 Å². The number of ketones is 1. The van der Waals surface area contributed by atoms with Crippen molar-refractivity contribution < 1.29 is 9.59 Å². The minimum Gasteiger partial charge on any atom is -0.352 e. The van der Waals surface area contributed by atoms with Crippen LogP contribution in [-0.4, -0.2) is 22.4 Å². The fourth-order valence-corrected chi connectivity index (χ4v) is 4.16. The summed E-state index contributed by atoms with van der Waals surface area (Å²) in [5.41, 5.74) is 4.89. The SMILES string of the molecule is CC(=O)NCc1ccc(C(=O)CSc2nc(-c3ccc(C)cc3)cs2)cc1. The third-order valence-electron chi connectivity index (χ3n) is 3.97. The van der Waals surface area contributed by atoms with Gasteiger partial charge in [0.25, 0.3) is 0 Å². The Balaban J connectivity index is 1.56. The molecule has 27 heavy (non-hydrogen) atoms. The number of benzene rings is 2. The second-order valence-corrected chi connectivity index (χ2v) is 8.26. The van der Waals surface area contributed by atoms with E-state index in [1.165, 1.54) is 24.2 Å². The lowest BCUT2D eigenvalue weighted by atomic mass is 10.1. The van der Waals surface area contributed by atoms with Crippen LogP contribution in [0.25, 0.3) is 11.3 Å². The molecule has 0 bridgehead atoms. The van der Waals surface area contributed by atoms with Gasteiger partial charge in [-0.3, -0.25) is 9.59 Å². The smallest absolute Gasteiger partial charge is 0.217 e. The van der Waals surface area contributed by atoms with Gasteiger partial charge in [-0.25, -0.2) is 4.98 Å². The first-order chi connectivity index (χ1) is 13.0. The van der Waals surface area contributed by atoms with Crippen LogP contribution in [0.15, 0.2) is 58.3 Å². The zero-order valence-electron chi connectivity index (χ0n) is 15.2. The molecule has 0 fully saturated rings. The molecule has 2 aromatic carbocycles. The highest BCUT2D eigenvalue weighted by molar-refractivity contribution is 8.01. The Morgan fingerprint density at radius 2 is 1.78 bits per heavy atom. The summed E-state index contributed by atoms with van der Waals surface area (Å²) < 4.78 is 0.890. The molecular weight excluding hydrogens is 376 g/mol. The predicted octanol–water partition coefficient (Wildman–Crippen LogP) is 4.73. The van der Waals surface area contributed by atoms with E-state index in [1.54, 1.807) is 23.5 Å². The number of hydrogen-bond donors (Lipinski definition) is 1. The van der Waals surface area contributed by atoms with Crippen LogP contribution >= 0.6 is 23.1 Å². The van der Waals surface area contributed by atoms with Crippen molar-refractivity contribution in [1.82, 2.24) is 10.3 Å². The molecule has 0 radical (unpaired) electrons. The molecule has 1 heterocycles. The van der Waals surface area contributed by atoms with Crippen LogP contribution < -0.4 is 5.32 Å². The van der Waals surface area contributed by atoms with Gasteiger partial charge in [0.1, 0.15) is 0 Å². The molecule has 1 N–H and O–H groups in total. The molecule has 3 aromatic rings. The van der Waals surface area contributed by atoms with Gasteiger partial charge in [-0.15, -0.1) is 11.3 Å². The molecule has 0 saturated heterocycles. The maximum absolute atomic E-state index is 12.4. The lowest BCUT2D eigenvalue weighted by Crippen LogP contribution is -2.18. The summed E-state index contributed by atoms with van der Waals surface area (Å²) in [6, 6.07) is 15.6. The number of nitrogens with one attached hydrogen (secondary N) is 1. The predicted molar refractivity (Wildman–Crippen MR) is 111 cm³/mol. The minimum atomic E-state index is -0.0694. The number of amides is 1. The van der Waals surface area contributed by atoms with Crippen LogP contribution in [-0.2, 0) is 11.3 Å². The van der Waals surface area contributed by atoms with Crippen LogP contribution in [0.4, 0.5) is 0 Å². The molecule has 0 aliphatic rings. The summed E-state index contributed by atoms with van der Waals surface area (Å²) in [6.45, 7) is 4.02. The van der Waals surface area contributed by atoms with Crippen molar-refractivity contribution in [3.63, 3.8) is 0 Å². The summed E-state index contributed by atoms with van der Waals surface area (Å²) in [6.07, 6.45) is 0. The fraction of sp³-hybridized carbons (Fsp3) is 0.190. The molecule has 0 saturated carbocycles. The van der Waals surface area contributed by atoms with Crippen LogP contribution in [0.5, 0.6) is 0 Å². The molecule has 0 unspecified atom stereocenters. The summed E-state index contributed by atoms with van der Waals surface area (Å²) in [5.74, 6) is 0.351. The number of rotatable bonds is 7. The molecule has 1 amide bonds. The number of thiazole rings is 1. The first-order valence-corrected chi connectivity index (χ1v) is 10.4. The Hall–Kier alpha value is -2.44. The highest BCUT2D eigenvalue weighted by atomic mass is 32.2. The Labute approximate surface area is 167 Å². The third-order valence-corrected chi connectivity index (χ3v) is 6.00. The van der Waals surface area contributed by atoms with Crippen molar-refractivity contribution in [1.29, 1.82) is 0 Å². The largest absolute Gasteiger partial charge is 0.352 e. The lowest BCUT2D eigenvalue weighted by molar-refractivity contribution is -0.119. The maximum atomic E-state index is 12.4. The van der Waals surface area contributed by atoms with Crippen LogP contribution in [0.3, 0.4) is 0 Å². The van der Waals surface area contributed by atoms with Gasteiger partial charge < -0.3 is 5.32 Å². The number of nitrogens with zero attached hydrogens (tertiary/aromatic N) is 1. The van der Waals surface area contributed by atoms with E-state index in [2.05, 4.69) is 41.5 Å². The van der Waals surface area contributed by atoms with Crippen molar-refractivity contribution in [3.05, 3.63) is 70.6 Å². The summed E-state index contributed by atoms with van der Waals surface area (Å²) >= 11 is 3.02. The third kappa shape index (κ3) is 5.52. The van der Waals surface area contributed by atoms with Gasteiger partial charge in [-0.2, -0.15) is 0 Å². The van der Waals surface area contributed by atoms with Gasteiger partial charge in [0.05, 0.1) is 11.4 Å². The zero-order valence-corrected chi connectivity index (χ0v) is 16.8. The molecule has 1 aromatic heterocycles.